The van der Waals surface area contributed by atoms with E-state index in [1.54, 1.807) is 0 Å². The number of ether oxygens (including phenoxy) is 1. The Morgan fingerprint density at radius 2 is 1.32 bits per heavy atom. The molecule has 0 atom stereocenters. The number of carboxylic acid groups (broad SMARTS) is 1. The van der Waals surface area contributed by atoms with Gasteiger partial charge in [0.2, 0.25) is 0 Å². The third-order valence-electron chi connectivity index (χ3n) is 2.56. The Morgan fingerprint density at radius 1 is 0.880 bits per heavy atom. The summed E-state index contributed by atoms with van der Waals surface area (Å²) in [6.07, 6.45) is -8.59. The third kappa shape index (κ3) is 5.30. The van der Waals surface area contributed by atoms with Crippen LogP contribution in [-0.2, 0) is 14.3 Å². The van der Waals surface area contributed by atoms with Crippen molar-refractivity contribution in [1.29, 1.82) is 0 Å². The van der Waals surface area contributed by atoms with Crippen LogP contribution in [0.2, 0.25) is 0 Å². The van der Waals surface area contributed by atoms with Gasteiger partial charge in [0.1, 0.15) is 0 Å². The van der Waals surface area contributed by atoms with Crippen LogP contribution in [0.1, 0.15) is 27.2 Å². The zero-order valence-electron chi connectivity index (χ0n) is 13.1. The fourth-order valence-electron chi connectivity index (χ4n) is 1.55. The number of carboxylic acids is 1. The van der Waals surface area contributed by atoms with Gasteiger partial charge in [-0.25, -0.2) is 9.59 Å². The molecule has 146 valence electrons. The van der Waals surface area contributed by atoms with E-state index in [4.69, 9.17) is 5.11 Å². The molecule has 12 heteroatoms. The first-order valence-corrected chi connectivity index (χ1v) is 6.42. The zero-order valence-corrected chi connectivity index (χ0v) is 13.1. The van der Waals surface area contributed by atoms with E-state index in [9.17, 15) is 44.7 Å². The van der Waals surface area contributed by atoms with E-state index >= 15 is 0 Å². The number of carbonyl (C=O) groups excluding carboxylic acids is 1. The summed E-state index contributed by atoms with van der Waals surface area (Å²) in [6, 6.07) is 0. The average Bonchev–Trinajstić information content (AvgIpc) is 2.32. The lowest BCUT2D eigenvalue weighted by molar-refractivity contribution is -0.418. The van der Waals surface area contributed by atoms with E-state index in [1.807, 2.05) is 0 Å². The smallest absolute Gasteiger partial charge is 0.473 e. The van der Waals surface area contributed by atoms with Crippen molar-refractivity contribution < 1.29 is 54.6 Å². The van der Waals surface area contributed by atoms with Crippen molar-refractivity contribution >= 4 is 11.9 Å². The second-order valence-corrected chi connectivity index (χ2v) is 6.20. The number of hydrogen-bond acceptors (Lipinski definition) is 3. The first-order valence-electron chi connectivity index (χ1n) is 6.42. The number of carbonyl (C=O) groups is 2. The van der Waals surface area contributed by atoms with Crippen molar-refractivity contribution in [3.63, 3.8) is 0 Å². The molecular formula is C13H14F8O4. The minimum Gasteiger partial charge on any atom is -0.478 e. The van der Waals surface area contributed by atoms with Gasteiger partial charge in [0.05, 0.1) is 0 Å². The second kappa shape index (κ2) is 6.79. The molecule has 0 aliphatic heterocycles. The highest BCUT2D eigenvalue weighted by atomic mass is 19.4. The highest BCUT2D eigenvalue weighted by Gasteiger charge is 2.82. The first-order chi connectivity index (χ1) is 10.8. The fraction of sp³-hybridized carbons (Fsp3) is 0.692. The van der Waals surface area contributed by atoms with Crippen LogP contribution in [0, 0.1) is 5.41 Å². The van der Waals surface area contributed by atoms with Gasteiger partial charge in [0.15, 0.2) is 0 Å². The summed E-state index contributed by atoms with van der Waals surface area (Å²) in [7, 11) is 0. The van der Waals surface area contributed by atoms with Crippen LogP contribution in [0.25, 0.3) is 0 Å². The number of rotatable bonds is 7. The number of hydrogen-bond donors (Lipinski definition) is 1. The van der Waals surface area contributed by atoms with E-state index in [2.05, 4.69) is 4.74 Å². The molecule has 0 aromatic heterocycles. The molecule has 0 unspecified atom stereocenters. The molecule has 25 heavy (non-hydrogen) atoms. The Bertz CT molecular complexity index is 549. The van der Waals surface area contributed by atoms with Crippen molar-refractivity contribution in [2.75, 3.05) is 0 Å². The molecule has 0 heterocycles. The van der Waals surface area contributed by atoms with Crippen LogP contribution in [-0.4, -0.2) is 40.9 Å². The number of esters is 1. The molecule has 0 aliphatic rings. The Labute approximate surface area is 136 Å². The first kappa shape index (κ1) is 23.1. The topological polar surface area (TPSA) is 63.6 Å². The molecule has 1 N–H and O–H groups in total. The summed E-state index contributed by atoms with van der Waals surface area (Å²) in [5.74, 6) is -23.2. The summed E-state index contributed by atoms with van der Waals surface area (Å²) in [6.45, 7) is 2.97. The van der Waals surface area contributed by atoms with Crippen molar-refractivity contribution in [3.8, 4) is 0 Å². The zero-order chi connectivity index (χ0) is 20.5. The van der Waals surface area contributed by atoms with E-state index in [1.165, 1.54) is 0 Å². The molecule has 0 amide bonds. The van der Waals surface area contributed by atoms with Crippen LogP contribution in [0.15, 0.2) is 12.2 Å². The van der Waals surface area contributed by atoms with E-state index in [0.29, 0.717) is 0 Å². The van der Waals surface area contributed by atoms with Gasteiger partial charge in [0.25, 0.3) is 0 Å². The highest BCUT2D eigenvalue weighted by Crippen LogP contribution is 2.55. The van der Waals surface area contributed by atoms with Gasteiger partial charge in [-0.15, -0.1) is 0 Å². The number of alkyl halides is 8. The summed E-state index contributed by atoms with van der Waals surface area (Å²) < 4.78 is 110. The van der Waals surface area contributed by atoms with Crippen molar-refractivity contribution in [1.82, 2.24) is 0 Å². The molecular weight excluding hydrogens is 372 g/mol. The quantitative estimate of drug-likeness (QED) is 0.407. The van der Waals surface area contributed by atoms with Crippen LogP contribution in [0.5, 0.6) is 0 Å². The van der Waals surface area contributed by atoms with Gasteiger partial charge in [-0.05, 0) is 5.41 Å². The second-order valence-electron chi connectivity index (χ2n) is 6.20. The number of aliphatic carboxylic acids is 1. The van der Waals surface area contributed by atoms with Gasteiger partial charge in [0, 0.05) is 18.6 Å². The predicted octanol–water partition coefficient (Wildman–Crippen LogP) is 4.11. The van der Waals surface area contributed by atoms with Gasteiger partial charge >= 0.3 is 35.8 Å². The maximum Gasteiger partial charge on any atom is 0.473 e. The van der Waals surface area contributed by atoms with E-state index in [-0.39, 0.29) is 12.2 Å². The van der Waals surface area contributed by atoms with Crippen LogP contribution in [0.4, 0.5) is 35.1 Å². The molecule has 0 aromatic rings. The minimum absolute atomic E-state index is 0.108. The molecule has 0 radical (unpaired) electrons. The monoisotopic (exact) mass is 386 g/mol. The molecule has 0 rings (SSSR count). The van der Waals surface area contributed by atoms with Crippen LogP contribution >= 0.6 is 0 Å². The molecule has 4 nitrogen and oxygen atoms in total. The van der Waals surface area contributed by atoms with Gasteiger partial charge in [-0.2, -0.15) is 35.1 Å². The lowest BCUT2D eigenvalue weighted by Gasteiger charge is -2.37. The SMILES string of the molecule is CC(C)(C)CC(F)(F)C(F)(F)C(F)(F)C(F)(F)OC(=O)C=CC(=O)O. The van der Waals surface area contributed by atoms with E-state index in [0.717, 1.165) is 20.8 Å². The molecule has 0 bridgehead atoms. The minimum atomic E-state index is -6.78. The van der Waals surface area contributed by atoms with Gasteiger partial charge in [-0.1, -0.05) is 20.8 Å². The predicted molar refractivity (Wildman–Crippen MR) is 66.7 cm³/mol. The number of halogens is 8. The average molecular weight is 386 g/mol. The van der Waals surface area contributed by atoms with Gasteiger partial charge in [-0.3, -0.25) is 0 Å². The Kier molecular flexibility index (Phi) is 6.28. The molecule has 0 aliphatic carbocycles. The van der Waals surface area contributed by atoms with E-state index < -0.39 is 47.7 Å². The van der Waals surface area contributed by atoms with Gasteiger partial charge < -0.3 is 9.84 Å². The molecule has 0 saturated carbocycles. The largest absolute Gasteiger partial charge is 0.478 e. The van der Waals surface area contributed by atoms with Crippen LogP contribution in [0.3, 0.4) is 0 Å². The highest BCUT2D eigenvalue weighted by molar-refractivity contribution is 5.90. The lowest BCUT2D eigenvalue weighted by atomic mass is 9.85. The van der Waals surface area contributed by atoms with Crippen molar-refractivity contribution in [2.24, 2.45) is 5.41 Å². The maximum atomic E-state index is 13.5. The summed E-state index contributed by atoms with van der Waals surface area (Å²) in [5, 5.41) is 8.12. The molecule has 0 saturated heterocycles. The molecule has 0 aromatic carbocycles. The molecule has 0 spiro atoms. The van der Waals surface area contributed by atoms with Crippen LogP contribution < -0.4 is 0 Å². The van der Waals surface area contributed by atoms with Crippen molar-refractivity contribution in [3.05, 3.63) is 12.2 Å². The fourth-order valence-corrected chi connectivity index (χ4v) is 1.55. The van der Waals surface area contributed by atoms with Crippen molar-refractivity contribution in [2.45, 2.75) is 51.1 Å². The normalized spacial score (nSPS) is 14.7. The Hall–Kier alpha value is -1.88. The molecule has 0 fully saturated rings. The summed E-state index contributed by atoms with van der Waals surface area (Å²) in [5.41, 5.74) is -1.63. The maximum absolute atomic E-state index is 13.5. The Morgan fingerprint density at radius 3 is 1.68 bits per heavy atom. The summed E-state index contributed by atoms with van der Waals surface area (Å²) in [4.78, 5) is 20.8. The third-order valence-corrected chi connectivity index (χ3v) is 2.56. The standard InChI is InChI=1S/C13H14F8O4/c1-9(2,3)6-10(14,15)11(16,17)12(18,19)13(20,21)25-8(24)5-4-7(22)23/h4-5H,6H2,1-3H3,(H,22,23). The Balaban J connectivity index is 5.68. The summed E-state index contributed by atoms with van der Waals surface area (Å²) >= 11 is 0. The lowest BCUT2D eigenvalue weighted by Crippen LogP contribution is -2.63.